The topological polar surface area (TPSA) is 59.8 Å². The van der Waals surface area contributed by atoms with Crippen LogP contribution in [0.25, 0.3) is 28.1 Å². The highest BCUT2D eigenvalue weighted by atomic mass is 19.1. The molecule has 2 aromatic heterocycles. The van der Waals surface area contributed by atoms with Crippen LogP contribution in [0.2, 0.25) is 0 Å². The normalized spacial score (nSPS) is 11.7. The largest absolute Gasteiger partial charge is 0.310 e. The molecule has 172 valence electrons. The molecule has 1 atom stereocenters. The van der Waals surface area contributed by atoms with Crippen LogP contribution in [0.4, 0.5) is 10.2 Å². The molecule has 0 radical (unpaired) electrons. The van der Waals surface area contributed by atoms with Gasteiger partial charge in [0.2, 0.25) is 5.91 Å². The van der Waals surface area contributed by atoms with Crippen molar-refractivity contribution in [3.05, 3.63) is 121 Å². The molecule has 35 heavy (non-hydrogen) atoms. The van der Waals surface area contributed by atoms with E-state index in [0.29, 0.717) is 11.5 Å². The van der Waals surface area contributed by atoms with E-state index in [-0.39, 0.29) is 17.6 Å². The molecule has 5 aromatic rings. The number of carbonyl (C=O) groups is 1. The van der Waals surface area contributed by atoms with E-state index in [2.05, 4.69) is 10.3 Å². The van der Waals surface area contributed by atoms with Gasteiger partial charge < -0.3 is 5.32 Å². The fourth-order valence-electron chi connectivity index (χ4n) is 4.01. The molecular weight excluding hydrogens is 439 g/mol. The first-order valence-electron chi connectivity index (χ1n) is 11.3. The summed E-state index contributed by atoms with van der Waals surface area (Å²) in [6.45, 7) is 1.88. The highest BCUT2D eigenvalue weighted by Crippen LogP contribution is 2.39. The van der Waals surface area contributed by atoms with Crippen molar-refractivity contribution in [2.75, 3.05) is 5.32 Å². The summed E-state index contributed by atoms with van der Waals surface area (Å²) in [6.07, 6.45) is 3.39. The third kappa shape index (κ3) is 4.59. The Morgan fingerprint density at radius 3 is 2.11 bits per heavy atom. The summed E-state index contributed by atoms with van der Waals surface area (Å²) in [5, 5.41) is 8.04. The van der Waals surface area contributed by atoms with Crippen LogP contribution in [0.15, 0.2) is 109 Å². The number of anilines is 1. The van der Waals surface area contributed by atoms with Crippen LogP contribution in [0.3, 0.4) is 0 Å². The average Bonchev–Trinajstić information content (AvgIpc) is 3.29. The second kappa shape index (κ2) is 9.73. The lowest BCUT2D eigenvalue weighted by Crippen LogP contribution is -2.21. The lowest BCUT2D eigenvalue weighted by molar-refractivity contribution is -0.117. The molecular formula is C29H23FN4O. The van der Waals surface area contributed by atoms with Crippen molar-refractivity contribution >= 4 is 11.7 Å². The molecule has 5 rings (SSSR count). The summed E-state index contributed by atoms with van der Waals surface area (Å²) in [5.74, 6) is -0.328. The number of amides is 1. The molecule has 6 heteroatoms. The number of para-hydroxylation sites is 1. The molecule has 0 fully saturated rings. The van der Waals surface area contributed by atoms with Crippen molar-refractivity contribution in [2.45, 2.75) is 12.8 Å². The van der Waals surface area contributed by atoms with Gasteiger partial charge in [-0.3, -0.25) is 9.78 Å². The fourth-order valence-corrected chi connectivity index (χ4v) is 4.01. The Bertz CT molecular complexity index is 1430. The Labute approximate surface area is 202 Å². The number of nitrogens with one attached hydrogen (secondary N) is 1. The zero-order valence-electron chi connectivity index (χ0n) is 19.1. The van der Waals surface area contributed by atoms with E-state index >= 15 is 0 Å². The van der Waals surface area contributed by atoms with Crippen molar-refractivity contribution in [3.63, 3.8) is 0 Å². The van der Waals surface area contributed by atoms with Gasteiger partial charge in [0.25, 0.3) is 0 Å². The summed E-state index contributed by atoms with van der Waals surface area (Å²) < 4.78 is 15.4. The van der Waals surface area contributed by atoms with Gasteiger partial charge in [0.1, 0.15) is 17.3 Å². The molecule has 0 saturated heterocycles. The van der Waals surface area contributed by atoms with Crippen molar-refractivity contribution in [1.29, 1.82) is 0 Å². The SMILES string of the molecule is CC(C(=O)Nc1c(-c2ccncc2)c(-c2ccc(F)cc2)nn1-c1ccccc1)c1ccccc1. The second-order valence-corrected chi connectivity index (χ2v) is 8.18. The van der Waals surface area contributed by atoms with E-state index in [1.807, 2.05) is 79.7 Å². The first kappa shape index (κ1) is 22.2. The molecule has 3 aromatic carbocycles. The zero-order valence-corrected chi connectivity index (χ0v) is 19.1. The number of nitrogens with zero attached hydrogens (tertiary/aromatic N) is 3. The van der Waals surface area contributed by atoms with E-state index in [9.17, 15) is 9.18 Å². The van der Waals surface area contributed by atoms with Gasteiger partial charge in [-0.15, -0.1) is 0 Å². The van der Waals surface area contributed by atoms with Crippen LogP contribution in [0.5, 0.6) is 0 Å². The van der Waals surface area contributed by atoms with Crippen LogP contribution in [0, 0.1) is 5.82 Å². The Balaban J connectivity index is 1.70. The highest BCUT2D eigenvalue weighted by Gasteiger charge is 2.25. The minimum atomic E-state index is -0.380. The Kier molecular flexibility index (Phi) is 6.18. The average molecular weight is 463 g/mol. The van der Waals surface area contributed by atoms with Crippen LogP contribution in [-0.2, 0) is 4.79 Å². The third-order valence-corrected chi connectivity index (χ3v) is 5.91. The Hall–Kier alpha value is -4.58. The standard InChI is InChI=1S/C29H23FN4O/c1-20(21-8-4-2-5-9-21)29(35)32-28-26(22-16-18-31-19-17-22)27(23-12-14-24(30)15-13-23)33-34(28)25-10-6-3-7-11-25/h2-20H,1H3,(H,32,35). The predicted molar refractivity (Wildman–Crippen MR) is 136 cm³/mol. The minimum Gasteiger partial charge on any atom is -0.310 e. The van der Waals surface area contributed by atoms with Crippen LogP contribution in [0.1, 0.15) is 18.4 Å². The lowest BCUT2D eigenvalue weighted by atomic mass is 9.99. The smallest absolute Gasteiger partial charge is 0.232 e. The molecule has 0 saturated carbocycles. The molecule has 1 amide bonds. The number of pyridine rings is 1. The van der Waals surface area contributed by atoms with Gasteiger partial charge in [-0.2, -0.15) is 5.10 Å². The molecule has 0 aliphatic heterocycles. The Morgan fingerprint density at radius 1 is 0.829 bits per heavy atom. The maximum Gasteiger partial charge on any atom is 0.232 e. The van der Waals surface area contributed by atoms with Gasteiger partial charge in [-0.05, 0) is 66.6 Å². The molecule has 0 aliphatic carbocycles. The molecule has 2 heterocycles. The summed E-state index contributed by atoms with van der Waals surface area (Å²) in [4.78, 5) is 17.6. The van der Waals surface area contributed by atoms with Crippen LogP contribution >= 0.6 is 0 Å². The molecule has 1 unspecified atom stereocenters. The summed E-state index contributed by atoms with van der Waals surface area (Å²) in [6, 6.07) is 29.2. The van der Waals surface area contributed by atoms with Crippen molar-refractivity contribution < 1.29 is 9.18 Å². The monoisotopic (exact) mass is 462 g/mol. The minimum absolute atomic E-state index is 0.158. The van der Waals surface area contributed by atoms with Gasteiger partial charge in [0, 0.05) is 18.0 Å². The number of halogens is 1. The van der Waals surface area contributed by atoms with Gasteiger partial charge in [-0.25, -0.2) is 9.07 Å². The maximum atomic E-state index is 13.7. The van der Waals surface area contributed by atoms with Crippen LogP contribution in [-0.4, -0.2) is 20.7 Å². The summed E-state index contributed by atoms with van der Waals surface area (Å²) in [7, 11) is 0. The van der Waals surface area contributed by atoms with E-state index in [4.69, 9.17) is 5.10 Å². The number of hydrogen-bond donors (Lipinski definition) is 1. The Morgan fingerprint density at radius 2 is 1.46 bits per heavy atom. The van der Waals surface area contributed by atoms with Gasteiger partial charge in [-0.1, -0.05) is 48.5 Å². The number of aromatic nitrogens is 3. The first-order chi connectivity index (χ1) is 17.1. The maximum absolute atomic E-state index is 13.7. The molecule has 0 spiro atoms. The quantitative estimate of drug-likeness (QED) is 0.314. The summed E-state index contributed by atoms with van der Waals surface area (Å²) in [5.41, 5.74) is 4.64. The third-order valence-electron chi connectivity index (χ3n) is 5.91. The highest BCUT2D eigenvalue weighted by molar-refractivity contribution is 6.01. The number of benzene rings is 3. The number of carbonyl (C=O) groups excluding carboxylic acids is 1. The van der Waals surface area contributed by atoms with E-state index < -0.39 is 0 Å². The first-order valence-corrected chi connectivity index (χ1v) is 11.3. The zero-order chi connectivity index (χ0) is 24.2. The molecule has 0 bridgehead atoms. The molecule has 1 N–H and O–H groups in total. The van der Waals surface area contributed by atoms with Gasteiger partial charge >= 0.3 is 0 Å². The van der Waals surface area contributed by atoms with Crippen LogP contribution < -0.4 is 5.32 Å². The molecule has 5 nitrogen and oxygen atoms in total. The fraction of sp³-hybridized carbons (Fsp3) is 0.0690. The number of rotatable bonds is 6. The van der Waals surface area contributed by atoms with Crippen molar-refractivity contribution in [2.24, 2.45) is 0 Å². The van der Waals surface area contributed by atoms with Crippen molar-refractivity contribution in [3.8, 4) is 28.1 Å². The van der Waals surface area contributed by atoms with Gasteiger partial charge in [0.15, 0.2) is 0 Å². The van der Waals surface area contributed by atoms with E-state index in [0.717, 1.165) is 27.9 Å². The summed E-state index contributed by atoms with van der Waals surface area (Å²) >= 11 is 0. The van der Waals surface area contributed by atoms with E-state index in [1.165, 1.54) is 12.1 Å². The molecule has 0 aliphatic rings. The van der Waals surface area contributed by atoms with E-state index in [1.54, 1.807) is 29.2 Å². The van der Waals surface area contributed by atoms with Crippen molar-refractivity contribution in [1.82, 2.24) is 14.8 Å². The second-order valence-electron chi connectivity index (χ2n) is 8.18. The lowest BCUT2D eigenvalue weighted by Gasteiger charge is -2.15. The van der Waals surface area contributed by atoms with Gasteiger partial charge in [0.05, 0.1) is 17.2 Å². The predicted octanol–water partition coefficient (Wildman–Crippen LogP) is 6.48. The number of hydrogen-bond acceptors (Lipinski definition) is 3.